The summed E-state index contributed by atoms with van der Waals surface area (Å²) in [4.78, 5) is 2.52. The van der Waals surface area contributed by atoms with E-state index in [1.165, 1.54) is 30.6 Å². The van der Waals surface area contributed by atoms with Crippen molar-refractivity contribution in [3.05, 3.63) is 70.8 Å². The molecule has 1 aliphatic heterocycles. The van der Waals surface area contributed by atoms with E-state index in [-0.39, 0.29) is 0 Å². The van der Waals surface area contributed by atoms with E-state index in [0.29, 0.717) is 5.92 Å². The molecule has 2 aromatic carbocycles. The Labute approximate surface area is 127 Å². The summed E-state index contributed by atoms with van der Waals surface area (Å²) in [6.07, 6.45) is 1.26. The third kappa shape index (κ3) is 2.20. The molecular formula is C20H23N. The Morgan fingerprint density at radius 2 is 1.81 bits per heavy atom. The summed E-state index contributed by atoms with van der Waals surface area (Å²) in [6.45, 7) is 4.70. The second kappa shape index (κ2) is 4.99. The molecule has 4 rings (SSSR count). The zero-order chi connectivity index (χ0) is 14.4. The number of rotatable bonds is 1. The van der Waals surface area contributed by atoms with Crippen LogP contribution in [-0.2, 0) is 6.42 Å². The summed E-state index contributed by atoms with van der Waals surface area (Å²) >= 11 is 0. The molecule has 0 radical (unpaired) electrons. The Morgan fingerprint density at radius 3 is 2.62 bits per heavy atom. The Balaban J connectivity index is 1.85. The van der Waals surface area contributed by atoms with Crippen LogP contribution >= 0.6 is 0 Å². The van der Waals surface area contributed by atoms with Gasteiger partial charge in [-0.25, -0.2) is 0 Å². The summed E-state index contributed by atoms with van der Waals surface area (Å²) < 4.78 is 0. The fourth-order valence-corrected chi connectivity index (χ4v) is 4.53. The van der Waals surface area contributed by atoms with Crippen LogP contribution in [0.15, 0.2) is 48.5 Å². The van der Waals surface area contributed by atoms with Crippen LogP contribution in [0.5, 0.6) is 0 Å². The van der Waals surface area contributed by atoms with Gasteiger partial charge in [-0.2, -0.15) is 0 Å². The van der Waals surface area contributed by atoms with Crippen LogP contribution in [0.4, 0.5) is 0 Å². The van der Waals surface area contributed by atoms with Crippen LogP contribution in [0.2, 0.25) is 0 Å². The lowest BCUT2D eigenvalue weighted by molar-refractivity contribution is 0.351. The van der Waals surface area contributed by atoms with Crippen molar-refractivity contribution in [2.24, 2.45) is 11.8 Å². The zero-order valence-electron chi connectivity index (χ0n) is 12.9. The second-order valence-corrected chi connectivity index (χ2v) is 6.94. The molecule has 2 aromatic rings. The first kappa shape index (κ1) is 13.1. The normalized spacial score (nSPS) is 28.2. The Morgan fingerprint density at radius 1 is 1.00 bits per heavy atom. The molecule has 21 heavy (non-hydrogen) atoms. The molecule has 0 spiro atoms. The average Bonchev–Trinajstić information content (AvgIpc) is 2.85. The van der Waals surface area contributed by atoms with Gasteiger partial charge in [0.1, 0.15) is 0 Å². The Kier molecular flexibility index (Phi) is 3.11. The second-order valence-electron chi connectivity index (χ2n) is 6.94. The van der Waals surface area contributed by atoms with Gasteiger partial charge in [0.25, 0.3) is 0 Å². The van der Waals surface area contributed by atoms with Gasteiger partial charge in [-0.05, 0) is 48.9 Å². The Bertz CT molecular complexity index is 646. The molecule has 1 nitrogen and oxygen atoms in total. The molecule has 3 atom stereocenters. The van der Waals surface area contributed by atoms with Crippen molar-refractivity contribution in [3.8, 4) is 0 Å². The minimum Gasteiger partial charge on any atom is -0.306 e. The van der Waals surface area contributed by atoms with Crippen molar-refractivity contribution in [1.29, 1.82) is 0 Å². The standard InChI is InChI=1S/C20H23N/c1-14-8-9-18-16(10-14)11-17-12-21(2)13-19(17)20(18)15-6-4-3-5-7-15/h3-10,17,19-20H,11-13H2,1-2H3. The van der Waals surface area contributed by atoms with Gasteiger partial charge in [0.05, 0.1) is 0 Å². The monoisotopic (exact) mass is 277 g/mol. The van der Waals surface area contributed by atoms with Crippen molar-refractivity contribution >= 4 is 0 Å². The van der Waals surface area contributed by atoms with Crippen molar-refractivity contribution in [1.82, 2.24) is 4.90 Å². The van der Waals surface area contributed by atoms with Crippen molar-refractivity contribution < 1.29 is 0 Å². The van der Waals surface area contributed by atoms with E-state index in [1.807, 2.05) is 0 Å². The number of hydrogen-bond acceptors (Lipinski definition) is 1. The number of benzene rings is 2. The summed E-state index contributed by atoms with van der Waals surface area (Å²) in [5.41, 5.74) is 6.04. The molecule has 1 saturated heterocycles. The summed E-state index contributed by atoms with van der Waals surface area (Å²) in [7, 11) is 2.27. The van der Waals surface area contributed by atoms with Gasteiger partial charge in [0.2, 0.25) is 0 Å². The maximum Gasteiger partial charge on any atom is 0.0136 e. The molecule has 1 heteroatoms. The van der Waals surface area contributed by atoms with E-state index >= 15 is 0 Å². The van der Waals surface area contributed by atoms with Crippen molar-refractivity contribution in [3.63, 3.8) is 0 Å². The van der Waals surface area contributed by atoms with Gasteiger partial charge in [-0.1, -0.05) is 54.1 Å². The lowest BCUT2D eigenvalue weighted by Crippen LogP contribution is -2.29. The van der Waals surface area contributed by atoms with Crippen LogP contribution < -0.4 is 0 Å². The van der Waals surface area contributed by atoms with Gasteiger partial charge in [0, 0.05) is 19.0 Å². The van der Waals surface area contributed by atoms with Gasteiger partial charge >= 0.3 is 0 Å². The SMILES string of the molecule is Cc1ccc2c(c1)CC1CN(C)CC1C2c1ccccc1. The molecule has 0 N–H and O–H groups in total. The number of nitrogens with zero attached hydrogens (tertiary/aromatic N) is 1. The summed E-state index contributed by atoms with van der Waals surface area (Å²) in [5.74, 6) is 2.16. The third-order valence-corrected chi connectivity index (χ3v) is 5.38. The third-order valence-electron chi connectivity index (χ3n) is 5.38. The lowest BCUT2D eigenvalue weighted by Gasteiger charge is -2.36. The smallest absolute Gasteiger partial charge is 0.0136 e. The lowest BCUT2D eigenvalue weighted by atomic mass is 9.68. The van der Waals surface area contributed by atoms with E-state index < -0.39 is 0 Å². The van der Waals surface area contributed by atoms with E-state index in [9.17, 15) is 0 Å². The van der Waals surface area contributed by atoms with Gasteiger partial charge in [0.15, 0.2) is 0 Å². The van der Waals surface area contributed by atoms with Crippen LogP contribution in [0, 0.1) is 18.8 Å². The average molecular weight is 277 g/mol. The van der Waals surface area contributed by atoms with E-state index in [0.717, 1.165) is 11.8 Å². The van der Waals surface area contributed by atoms with E-state index in [1.54, 1.807) is 11.1 Å². The molecule has 0 bridgehead atoms. The van der Waals surface area contributed by atoms with Crippen LogP contribution in [-0.4, -0.2) is 25.0 Å². The highest BCUT2D eigenvalue weighted by Crippen LogP contribution is 2.46. The first-order chi connectivity index (χ1) is 10.2. The maximum atomic E-state index is 2.52. The fraction of sp³-hybridized carbons (Fsp3) is 0.400. The van der Waals surface area contributed by atoms with Gasteiger partial charge in [-0.3, -0.25) is 0 Å². The first-order valence-electron chi connectivity index (χ1n) is 8.05. The molecule has 1 heterocycles. The van der Waals surface area contributed by atoms with Gasteiger partial charge in [-0.15, -0.1) is 0 Å². The molecule has 1 aliphatic carbocycles. The fourth-order valence-electron chi connectivity index (χ4n) is 4.53. The highest BCUT2D eigenvalue weighted by atomic mass is 15.1. The highest BCUT2D eigenvalue weighted by molar-refractivity contribution is 5.43. The van der Waals surface area contributed by atoms with Crippen LogP contribution in [0.1, 0.15) is 28.2 Å². The number of hydrogen-bond donors (Lipinski definition) is 0. The van der Waals surface area contributed by atoms with Crippen LogP contribution in [0.3, 0.4) is 0 Å². The minimum atomic E-state index is 0.575. The maximum absolute atomic E-state index is 2.52. The molecule has 0 saturated carbocycles. The van der Waals surface area contributed by atoms with Crippen LogP contribution in [0.25, 0.3) is 0 Å². The summed E-state index contributed by atoms with van der Waals surface area (Å²) in [5, 5.41) is 0. The topological polar surface area (TPSA) is 3.24 Å². The number of likely N-dealkylation sites (tertiary alicyclic amines) is 1. The molecule has 0 aromatic heterocycles. The number of aryl methyl sites for hydroxylation is 1. The molecule has 0 amide bonds. The number of fused-ring (bicyclic) bond motifs is 2. The predicted molar refractivity (Wildman–Crippen MR) is 87.6 cm³/mol. The molecular weight excluding hydrogens is 254 g/mol. The first-order valence-corrected chi connectivity index (χ1v) is 8.05. The van der Waals surface area contributed by atoms with Crippen molar-refractivity contribution in [2.75, 3.05) is 20.1 Å². The van der Waals surface area contributed by atoms with Gasteiger partial charge < -0.3 is 4.90 Å². The largest absolute Gasteiger partial charge is 0.306 e. The summed E-state index contributed by atoms with van der Waals surface area (Å²) in [6, 6.07) is 18.2. The van der Waals surface area contributed by atoms with E-state index in [2.05, 4.69) is 67.4 Å². The molecule has 1 fully saturated rings. The highest BCUT2D eigenvalue weighted by Gasteiger charge is 2.41. The zero-order valence-corrected chi connectivity index (χ0v) is 12.9. The molecule has 3 unspecified atom stereocenters. The molecule has 108 valence electrons. The Hall–Kier alpha value is -1.60. The van der Waals surface area contributed by atoms with E-state index in [4.69, 9.17) is 0 Å². The minimum absolute atomic E-state index is 0.575. The van der Waals surface area contributed by atoms with Crippen molar-refractivity contribution in [2.45, 2.75) is 19.3 Å². The molecule has 2 aliphatic rings. The predicted octanol–water partition coefficient (Wildman–Crippen LogP) is 3.86. The quantitative estimate of drug-likeness (QED) is 0.765.